The number of esters is 2. The molecule has 8 heteroatoms. The van der Waals surface area contributed by atoms with Gasteiger partial charge in [0.2, 0.25) is 0 Å². The molecule has 0 amide bonds. The highest BCUT2D eigenvalue weighted by atomic mass is 16.6. The Bertz CT molecular complexity index is 767. The minimum absolute atomic E-state index is 0.0427. The van der Waals surface area contributed by atoms with Gasteiger partial charge < -0.3 is 23.8 Å². The maximum Gasteiger partial charge on any atom is 0.362 e. The first kappa shape index (κ1) is 46.3. The van der Waals surface area contributed by atoms with Gasteiger partial charge in [-0.1, -0.05) is 155 Å². The molecule has 0 saturated heterocycles. The van der Waals surface area contributed by atoms with Crippen LogP contribution in [-0.2, 0) is 28.6 Å². The van der Waals surface area contributed by atoms with Gasteiger partial charge in [0, 0.05) is 19.3 Å². The first-order chi connectivity index (χ1) is 23.1. The molecular formula is C40H78NO7+. The van der Waals surface area contributed by atoms with Crippen LogP contribution in [-0.4, -0.2) is 80.6 Å². The van der Waals surface area contributed by atoms with Crippen molar-refractivity contribution >= 4 is 17.9 Å². The largest absolute Gasteiger partial charge is 0.477 e. The first-order valence-electron chi connectivity index (χ1n) is 20.1. The van der Waals surface area contributed by atoms with Crippen molar-refractivity contribution in [3.8, 4) is 0 Å². The van der Waals surface area contributed by atoms with Crippen LogP contribution in [0.15, 0.2) is 0 Å². The minimum atomic E-state index is -0.872. The van der Waals surface area contributed by atoms with Crippen LogP contribution in [0.5, 0.6) is 0 Å². The molecule has 0 aliphatic heterocycles. The third kappa shape index (κ3) is 30.4. The Morgan fingerprint density at radius 2 is 0.917 bits per heavy atom. The summed E-state index contributed by atoms with van der Waals surface area (Å²) in [4.78, 5) is 36.8. The fraction of sp³-hybridized carbons (Fsp3) is 0.925. The number of carboxylic acids is 1. The normalized spacial score (nSPS) is 12.9. The average Bonchev–Trinajstić information content (AvgIpc) is 3.03. The molecule has 0 heterocycles. The van der Waals surface area contributed by atoms with Crippen LogP contribution in [0.1, 0.15) is 187 Å². The number of hydrogen-bond acceptors (Lipinski definition) is 6. The molecule has 0 aromatic carbocycles. The first-order valence-corrected chi connectivity index (χ1v) is 20.1. The molecule has 0 spiro atoms. The molecule has 1 N–H and O–H groups in total. The number of aliphatic carboxylic acids is 1. The van der Waals surface area contributed by atoms with Gasteiger partial charge in [0.25, 0.3) is 0 Å². The summed E-state index contributed by atoms with van der Waals surface area (Å²) in [5, 5.41) is 9.58. The number of carbonyl (C=O) groups is 3. The van der Waals surface area contributed by atoms with Crippen molar-refractivity contribution in [2.45, 2.75) is 199 Å². The standard InChI is InChI=1S/C40H77NO7/c1-6-8-10-12-14-16-18-20-22-24-26-28-30-38(42)47-35-36(34-46-33-32-37(40(44)45)41(3,4)5)48-39(43)31-29-27-25-23-21-19-17-15-13-11-9-7-2/h36-37H,6-35H2,1-5H3/p+1. The zero-order chi connectivity index (χ0) is 35.7. The Morgan fingerprint density at radius 3 is 1.29 bits per heavy atom. The summed E-state index contributed by atoms with van der Waals surface area (Å²) in [7, 11) is 5.53. The third-order valence-electron chi connectivity index (χ3n) is 9.26. The second-order valence-corrected chi connectivity index (χ2v) is 14.9. The maximum absolute atomic E-state index is 12.6. The Hall–Kier alpha value is -1.67. The Labute approximate surface area is 296 Å². The molecule has 0 fully saturated rings. The van der Waals surface area contributed by atoms with Crippen molar-refractivity contribution in [1.82, 2.24) is 0 Å². The van der Waals surface area contributed by atoms with E-state index in [2.05, 4.69) is 13.8 Å². The number of rotatable bonds is 36. The lowest BCUT2D eigenvalue weighted by molar-refractivity contribution is -0.887. The molecule has 0 saturated carbocycles. The second-order valence-electron chi connectivity index (χ2n) is 14.9. The highest BCUT2D eigenvalue weighted by Gasteiger charge is 2.31. The highest BCUT2D eigenvalue weighted by Crippen LogP contribution is 2.15. The van der Waals surface area contributed by atoms with E-state index in [4.69, 9.17) is 14.2 Å². The fourth-order valence-electron chi connectivity index (χ4n) is 6.09. The molecule has 0 aliphatic carbocycles. The summed E-state index contributed by atoms with van der Waals surface area (Å²) < 4.78 is 17.2. The number of quaternary nitrogens is 1. The maximum atomic E-state index is 12.6. The topological polar surface area (TPSA) is 99.1 Å². The molecule has 0 bridgehead atoms. The Morgan fingerprint density at radius 1 is 0.542 bits per heavy atom. The van der Waals surface area contributed by atoms with E-state index in [9.17, 15) is 19.5 Å². The van der Waals surface area contributed by atoms with E-state index in [0.717, 1.165) is 38.5 Å². The third-order valence-corrected chi connectivity index (χ3v) is 9.26. The summed E-state index contributed by atoms with van der Waals surface area (Å²) in [6.07, 6.45) is 29.9. The van der Waals surface area contributed by atoms with E-state index in [1.54, 1.807) is 0 Å². The minimum Gasteiger partial charge on any atom is -0.477 e. The Kier molecular flexibility index (Phi) is 31.4. The molecular weight excluding hydrogens is 606 g/mol. The van der Waals surface area contributed by atoms with Crippen LogP contribution in [0.25, 0.3) is 0 Å². The number of carboxylic acid groups (broad SMARTS) is 1. The lowest BCUT2D eigenvalue weighted by Gasteiger charge is -2.31. The van der Waals surface area contributed by atoms with Gasteiger partial charge in [-0.3, -0.25) is 9.59 Å². The zero-order valence-corrected chi connectivity index (χ0v) is 32.2. The van der Waals surface area contributed by atoms with Crippen molar-refractivity contribution in [3.05, 3.63) is 0 Å². The summed E-state index contributed by atoms with van der Waals surface area (Å²) in [5.74, 6) is -1.45. The predicted octanol–water partition coefficient (Wildman–Crippen LogP) is 10.2. The molecule has 0 radical (unpaired) electrons. The molecule has 284 valence electrons. The molecule has 2 unspecified atom stereocenters. The fourth-order valence-corrected chi connectivity index (χ4v) is 6.09. The van der Waals surface area contributed by atoms with Gasteiger partial charge in [-0.05, 0) is 12.8 Å². The van der Waals surface area contributed by atoms with Gasteiger partial charge in [0.05, 0.1) is 34.4 Å². The van der Waals surface area contributed by atoms with Gasteiger partial charge in [-0.25, -0.2) is 4.79 Å². The molecule has 0 rings (SSSR count). The van der Waals surface area contributed by atoms with Gasteiger partial charge in [0.1, 0.15) is 6.61 Å². The molecule has 0 aromatic rings. The van der Waals surface area contributed by atoms with Crippen LogP contribution in [0.3, 0.4) is 0 Å². The number of carbonyl (C=O) groups excluding carboxylic acids is 2. The van der Waals surface area contributed by atoms with Crippen molar-refractivity contribution in [3.63, 3.8) is 0 Å². The van der Waals surface area contributed by atoms with Crippen LogP contribution >= 0.6 is 0 Å². The van der Waals surface area contributed by atoms with Gasteiger partial charge in [-0.15, -0.1) is 0 Å². The lowest BCUT2D eigenvalue weighted by atomic mass is 10.0. The lowest BCUT2D eigenvalue weighted by Crippen LogP contribution is -2.50. The number of likely N-dealkylation sites (N-methyl/N-ethyl adjacent to an activating group) is 1. The number of nitrogens with zero attached hydrogens (tertiary/aromatic N) is 1. The highest BCUT2D eigenvalue weighted by molar-refractivity contribution is 5.72. The average molecular weight is 685 g/mol. The number of ether oxygens (including phenoxy) is 3. The zero-order valence-electron chi connectivity index (χ0n) is 32.2. The molecule has 0 aliphatic rings. The van der Waals surface area contributed by atoms with Crippen LogP contribution in [0.2, 0.25) is 0 Å². The van der Waals surface area contributed by atoms with E-state index in [-0.39, 0.29) is 36.2 Å². The van der Waals surface area contributed by atoms with E-state index in [1.165, 1.54) is 116 Å². The van der Waals surface area contributed by atoms with Crippen molar-refractivity contribution in [1.29, 1.82) is 0 Å². The smallest absolute Gasteiger partial charge is 0.362 e. The van der Waals surface area contributed by atoms with Gasteiger partial charge in [-0.2, -0.15) is 0 Å². The number of hydrogen-bond donors (Lipinski definition) is 1. The molecule has 8 nitrogen and oxygen atoms in total. The number of unbranched alkanes of at least 4 members (excludes halogenated alkanes) is 22. The monoisotopic (exact) mass is 685 g/mol. The Balaban J connectivity index is 4.37. The van der Waals surface area contributed by atoms with E-state index in [0.29, 0.717) is 19.3 Å². The molecule has 48 heavy (non-hydrogen) atoms. The van der Waals surface area contributed by atoms with E-state index < -0.39 is 18.1 Å². The molecule has 0 aromatic heterocycles. The van der Waals surface area contributed by atoms with Crippen LogP contribution < -0.4 is 0 Å². The van der Waals surface area contributed by atoms with Crippen molar-refractivity contribution in [2.75, 3.05) is 41.0 Å². The summed E-state index contributed by atoms with van der Waals surface area (Å²) in [6.45, 7) is 4.74. The van der Waals surface area contributed by atoms with Crippen LogP contribution in [0.4, 0.5) is 0 Å². The van der Waals surface area contributed by atoms with E-state index >= 15 is 0 Å². The second kappa shape index (κ2) is 32.5. The van der Waals surface area contributed by atoms with Crippen molar-refractivity contribution in [2.24, 2.45) is 0 Å². The molecule has 2 atom stereocenters. The van der Waals surface area contributed by atoms with Crippen molar-refractivity contribution < 1.29 is 38.2 Å². The van der Waals surface area contributed by atoms with Crippen LogP contribution in [0, 0.1) is 0 Å². The quantitative estimate of drug-likeness (QED) is 0.0398. The van der Waals surface area contributed by atoms with E-state index in [1.807, 2.05) is 21.1 Å². The predicted molar refractivity (Wildman–Crippen MR) is 197 cm³/mol. The van der Waals surface area contributed by atoms with Gasteiger partial charge in [0.15, 0.2) is 12.1 Å². The summed E-state index contributed by atoms with van der Waals surface area (Å²) in [5.41, 5.74) is 0. The summed E-state index contributed by atoms with van der Waals surface area (Å²) in [6, 6.07) is -0.606. The summed E-state index contributed by atoms with van der Waals surface area (Å²) >= 11 is 0. The van der Waals surface area contributed by atoms with Gasteiger partial charge >= 0.3 is 17.9 Å². The SMILES string of the molecule is CCCCCCCCCCCCCCC(=O)OCC(COCCC(C(=O)O)[N+](C)(C)C)OC(=O)CCCCCCCCCCCCCC.